The predicted molar refractivity (Wildman–Crippen MR) is 111 cm³/mol. The highest BCUT2D eigenvalue weighted by molar-refractivity contribution is 7.09. The summed E-state index contributed by atoms with van der Waals surface area (Å²) in [5, 5.41) is 2.11. The summed E-state index contributed by atoms with van der Waals surface area (Å²) < 4.78 is 26.6. The van der Waals surface area contributed by atoms with E-state index in [1.165, 1.54) is 10.9 Å². The van der Waals surface area contributed by atoms with Crippen molar-refractivity contribution in [1.82, 2.24) is 4.90 Å². The quantitative estimate of drug-likeness (QED) is 0.690. The van der Waals surface area contributed by atoms with E-state index in [0.29, 0.717) is 11.5 Å². The average Bonchev–Trinajstić information content (AvgIpc) is 3.15. The Kier molecular flexibility index (Phi) is 5.83. The van der Waals surface area contributed by atoms with Crippen LogP contribution in [0.5, 0.6) is 0 Å². The summed E-state index contributed by atoms with van der Waals surface area (Å²) in [7, 11) is 1.43. The number of rotatable bonds is 6. The summed E-state index contributed by atoms with van der Waals surface area (Å²) in [6, 6.07) is 9.90. The number of halogens is 1. The van der Waals surface area contributed by atoms with Crippen LogP contribution in [-0.4, -0.2) is 36.3 Å². The normalized spacial score (nSPS) is 19.6. The number of nitrogens with zero attached hydrogens (tertiary/aromatic N) is 1. The Balaban J connectivity index is 1.72. The van der Waals surface area contributed by atoms with Gasteiger partial charge in [0.05, 0.1) is 11.2 Å². The monoisotopic (exact) mass is 389 g/mol. The number of hydrogen-bond acceptors (Lipinski definition) is 4. The lowest BCUT2D eigenvalue weighted by Gasteiger charge is -2.32. The summed E-state index contributed by atoms with van der Waals surface area (Å²) in [4.78, 5) is 3.67. The van der Waals surface area contributed by atoms with Crippen LogP contribution in [0.15, 0.2) is 35.7 Å². The van der Waals surface area contributed by atoms with E-state index < -0.39 is 18.3 Å². The molecule has 3 nitrogen and oxygen atoms in total. The minimum absolute atomic E-state index is 0.286. The lowest BCUT2D eigenvalue weighted by atomic mass is 9.78. The highest BCUT2D eigenvalue weighted by atomic mass is 32.1. The molecule has 0 amide bonds. The Hall–Kier alpha value is -1.21. The molecule has 0 saturated carbocycles. The van der Waals surface area contributed by atoms with Crippen LogP contribution in [0.3, 0.4) is 0 Å². The molecule has 0 bridgehead atoms. The van der Waals surface area contributed by atoms with Crippen molar-refractivity contribution < 1.29 is 13.7 Å². The minimum atomic E-state index is -0.677. The summed E-state index contributed by atoms with van der Waals surface area (Å²) in [6.45, 7) is 10.9. The molecule has 1 unspecified atom stereocenters. The zero-order valence-electron chi connectivity index (χ0n) is 17.1. The second-order valence-corrected chi connectivity index (χ2v) is 9.52. The molecule has 1 atom stereocenters. The van der Waals surface area contributed by atoms with Crippen molar-refractivity contribution in [3.63, 3.8) is 0 Å². The number of benzene rings is 1. The second kappa shape index (κ2) is 7.67. The molecular weight excluding hydrogens is 360 g/mol. The third-order valence-electron chi connectivity index (χ3n) is 5.83. The molecule has 27 heavy (non-hydrogen) atoms. The predicted octanol–water partition coefficient (Wildman–Crippen LogP) is 4.25. The topological polar surface area (TPSA) is 21.7 Å². The van der Waals surface area contributed by atoms with E-state index in [2.05, 4.69) is 36.4 Å². The zero-order valence-corrected chi connectivity index (χ0v) is 17.9. The molecule has 1 aliphatic rings. The first kappa shape index (κ1) is 20.5. The first-order chi connectivity index (χ1) is 12.6. The molecule has 1 saturated heterocycles. The van der Waals surface area contributed by atoms with Crippen LogP contribution in [0, 0.1) is 5.82 Å². The highest BCUT2D eigenvalue weighted by Gasteiger charge is 2.52. The molecule has 3 rings (SSSR count). The molecule has 1 aromatic heterocycles. The molecule has 0 spiro atoms. The Morgan fingerprint density at radius 2 is 1.81 bits per heavy atom. The first-order valence-corrected chi connectivity index (χ1v) is 10.3. The third-order valence-corrected chi connectivity index (χ3v) is 6.73. The van der Waals surface area contributed by atoms with Crippen LogP contribution in [0.25, 0.3) is 0 Å². The van der Waals surface area contributed by atoms with Gasteiger partial charge in [0, 0.05) is 22.9 Å². The molecule has 0 aliphatic carbocycles. The van der Waals surface area contributed by atoms with Gasteiger partial charge in [0.25, 0.3) is 0 Å². The van der Waals surface area contributed by atoms with E-state index in [4.69, 9.17) is 9.31 Å². The average molecular weight is 389 g/mol. The maximum absolute atomic E-state index is 14.5. The highest BCUT2D eigenvalue weighted by Crippen LogP contribution is 2.36. The van der Waals surface area contributed by atoms with Crippen LogP contribution in [0.1, 0.15) is 45.1 Å². The molecule has 6 heteroatoms. The summed E-state index contributed by atoms with van der Waals surface area (Å²) in [5.41, 5.74) is 0.574. The smallest absolute Gasteiger partial charge is 0.399 e. The maximum atomic E-state index is 14.5. The van der Waals surface area contributed by atoms with E-state index >= 15 is 0 Å². The number of hydrogen-bond donors (Lipinski definition) is 0. The van der Waals surface area contributed by atoms with Crippen molar-refractivity contribution >= 4 is 23.9 Å². The van der Waals surface area contributed by atoms with Crippen LogP contribution in [-0.2, 0) is 22.3 Å². The first-order valence-electron chi connectivity index (χ1n) is 9.45. The second-order valence-electron chi connectivity index (χ2n) is 8.49. The molecule has 1 aromatic carbocycles. The Labute approximate surface area is 166 Å². The van der Waals surface area contributed by atoms with E-state index in [-0.39, 0.29) is 5.82 Å². The summed E-state index contributed by atoms with van der Waals surface area (Å²) in [6.07, 6.45) is 1.01. The summed E-state index contributed by atoms with van der Waals surface area (Å²) in [5.74, 6) is -0.286. The largest absolute Gasteiger partial charge is 0.497 e. The molecule has 1 aliphatic heterocycles. The number of thiophene rings is 1. The molecular formula is C21H29BFNO2S. The van der Waals surface area contributed by atoms with Gasteiger partial charge < -0.3 is 9.31 Å². The zero-order chi connectivity index (χ0) is 19.8. The number of likely N-dealkylation sites (N-methyl/N-ethyl adjacent to an activating group) is 1. The SMILES string of the molecule is CC(Cc1cccs1)N(C)Cc1ccc(F)c(B2OC(C)(C)C(C)(C)O2)c1. The Morgan fingerprint density at radius 3 is 2.41 bits per heavy atom. The van der Waals surface area contributed by atoms with E-state index in [1.807, 2.05) is 39.8 Å². The van der Waals surface area contributed by atoms with Gasteiger partial charge in [-0.1, -0.05) is 18.2 Å². The van der Waals surface area contributed by atoms with E-state index in [0.717, 1.165) is 18.5 Å². The van der Waals surface area contributed by atoms with Gasteiger partial charge in [-0.25, -0.2) is 4.39 Å². The van der Waals surface area contributed by atoms with Gasteiger partial charge in [-0.05, 0) is 71.2 Å². The van der Waals surface area contributed by atoms with Gasteiger partial charge in [-0.15, -0.1) is 11.3 Å². The molecule has 0 N–H and O–H groups in total. The third kappa shape index (κ3) is 4.45. The van der Waals surface area contributed by atoms with Gasteiger partial charge in [-0.2, -0.15) is 0 Å². The van der Waals surface area contributed by atoms with Gasteiger partial charge in [0.2, 0.25) is 0 Å². The standard InChI is InChI=1S/C21H29BFNO2S/c1-15(12-17-8-7-11-27-17)24(6)14-16-9-10-19(23)18(13-16)22-25-20(2,3)21(4,5)26-22/h7-11,13,15H,12,14H2,1-6H3. The van der Waals surface area contributed by atoms with Crippen LogP contribution in [0.4, 0.5) is 4.39 Å². The minimum Gasteiger partial charge on any atom is -0.399 e. The molecule has 2 aromatic rings. The van der Waals surface area contributed by atoms with Gasteiger partial charge in [0.1, 0.15) is 5.82 Å². The maximum Gasteiger partial charge on any atom is 0.497 e. The lowest BCUT2D eigenvalue weighted by Crippen LogP contribution is -2.41. The van der Waals surface area contributed by atoms with E-state index in [1.54, 1.807) is 11.3 Å². The fourth-order valence-electron chi connectivity index (χ4n) is 3.16. The molecule has 1 fully saturated rings. The van der Waals surface area contributed by atoms with Crippen molar-refractivity contribution in [1.29, 1.82) is 0 Å². The van der Waals surface area contributed by atoms with Crippen LogP contribution in [0.2, 0.25) is 0 Å². The van der Waals surface area contributed by atoms with Crippen molar-refractivity contribution in [2.45, 2.75) is 64.8 Å². The van der Waals surface area contributed by atoms with Gasteiger partial charge in [-0.3, -0.25) is 4.90 Å². The van der Waals surface area contributed by atoms with Gasteiger partial charge in [0.15, 0.2) is 0 Å². The molecule has 146 valence electrons. The van der Waals surface area contributed by atoms with Crippen molar-refractivity contribution in [3.8, 4) is 0 Å². The van der Waals surface area contributed by atoms with Crippen molar-refractivity contribution in [3.05, 3.63) is 52.0 Å². The summed E-state index contributed by atoms with van der Waals surface area (Å²) >= 11 is 1.79. The Bertz CT molecular complexity index is 762. The van der Waals surface area contributed by atoms with Crippen molar-refractivity contribution in [2.75, 3.05) is 7.05 Å². The van der Waals surface area contributed by atoms with E-state index in [9.17, 15) is 4.39 Å². The lowest BCUT2D eigenvalue weighted by molar-refractivity contribution is 0.00578. The van der Waals surface area contributed by atoms with Crippen LogP contribution < -0.4 is 5.46 Å². The fourth-order valence-corrected chi connectivity index (χ4v) is 3.99. The molecule has 0 radical (unpaired) electrons. The van der Waals surface area contributed by atoms with Crippen LogP contribution >= 0.6 is 11.3 Å². The van der Waals surface area contributed by atoms with Crippen molar-refractivity contribution in [2.24, 2.45) is 0 Å². The van der Waals surface area contributed by atoms with Gasteiger partial charge >= 0.3 is 7.12 Å². The Morgan fingerprint density at radius 1 is 1.15 bits per heavy atom. The molecule has 2 heterocycles. The fraction of sp³-hybridized carbons (Fsp3) is 0.524.